The molecule has 0 radical (unpaired) electrons. The number of hydrogen-bond acceptors (Lipinski definition) is 10. The van der Waals surface area contributed by atoms with Crippen LogP contribution in [0.15, 0.2) is 72.9 Å². The molecule has 0 aromatic heterocycles. The molecule has 1 heterocycles. The largest absolute Gasteiger partial charge is 0.454 e. The maximum Gasteiger partial charge on any atom is 0.306 e. The molecule has 11 heteroatoms. The van der Waals surface area contributed by atoms with E-state index in [0.717, 1.165) is 83.5 Å². The monoisotopic (exact) mass is 1210 g/mol. The summed E-state index contributed by atoms with van der Waals surface area (Å²) in [5.41, 5.74) is 0. The molecule has 8 unspecified atom stereocenters. The summed E-state index contributed by atoms with van der Waals surface area (Å²) in [4.78, 5) is 26.7. The number of ether oxygens (including phenoxy) is 3. The number of amides is 1. The second-order valence-electron chi connectivity index (χ2n) is 25.0. The summed E-state index contributed by atoms with van der Waals surface area (Å²) in [5.74, 6) is -1.19. The van der Waals surface area contributed by atoms with Crippen molar-refractivity contribution in [3.8, 4) is 0 Å². The highest BCUT2D eigenvalue weighted by Crippen LogP contribution is 2.26. The summed E-state index contributed by atoms with van der Waals surface area (Å²) in [7, 11) is 0. The van der Waals surface area contributed by atoms with Crippen molar-refractivity contribution < 1.29 is 49.3 Å². The quantitative estimate of drug-likeness (QED) is 0.0195. The lowest BCUT2D eigenvalue weighted by molar-refractivity contribution is -0.305. The van der Waals surface area contributed by atoms with E-state index in [9.17, 15) is 35.1 Å². The maximum atomic E-state index is 13.5. The molecule has 0 saturated carbocycles. The summed E-state index contributed by atoms with van der Waals surface area (Å²) in [6.07, 6.45) is 70.8. The van der Waals surface area contributed by atoms with E-state index in [1.54, 1.807) is 6.08 Å². The minimum atomic E-state index is -1.62. The number of nitrogens with one attached hydrogen (secondary N) is 1. The van der Waals surface area contributed by atoms with Gasteiger partial charge < -0.3 is 45.1 Å². The van der Waals surface area contributed by atoms with Crippen molar-refractivity contribution in [1.82, 2.24) is 5.32 Å². The molecule has 0 aromatic rings. The predicted molar refractivity (Wildman–Crippen MR) is 361 cm³/mol. The fourth-order valence-corrected chi connectivity index (χ4v) is 11.1. The van der Waals surface area contributed by atoms with Crippen LogP contribution in [0.25, 0.3) is 0 Å². The van der Waals surface area contributed by atoms with Gasteiger partial charge in [0.25, 0.3) is 0 Å². The molecule has 0 bridgehead atoms. The van der Waals surface area contributed by atoms with Crippen LogP contribution in [0.3, 0.4) is 0 Å². The van der Waals surface area contributed by atoms with Crippen LogP contribution in [-0.4, -0.2) is 99.6 Å². The second-order valence-corrected chi connectivity index (χ2v) is 25.0. The zero-order valence-corrected chi connectivity index (χ0v) is 55.7. The van der Waals surface area contributed by atoms with Crippen molar-refractivity contribution in [2.24, 2.45) is 0 Å². The lowest BCUT2D eigenvalue weighted by Gasteiger charge is -2.41. The molecular weight excluding hydrogens is 1070 g/mol. The van der Waals surface area contributed by atoms with Gasteiger partial charge >= 0.3 is 5.97 Å². The molecule has 0 aliphatic carbocycles. The number of carbonyl (C=O) groups is 2. The first kappa shape index (κ1) is 81.1. The van der Waals surface area contributed by atoms with E-state index in [4.69, 9.17) is 14.2 Å². The standard InChI is InChI=1S/C75H135NO10/c1-4-7-10-13-16-19-22-25-27-29-31-33-35-37-39-41-43-45-48-51-54-57-60-63-70(80)86-73-72(82)71(81)69(64-77)85-75(73)84-65-66(67(78)61-58-55-52-49-46-24-21-18-15-12-9-6-3)76-74(83)68(79)62-59-56-53-50-47-44-42-40-38-36-34-32-30-28-26-23-20-17-14-11-8-5-2/h16-17,19-20,25-28,32,34,58,61,66-69,71-73,75,77-79,81-82H,4-15,18,21-24,29-31,33,35-57,59-60,62-65H2,1-3H3,(H,76,83)/b19-16-,20-17-,27-25-,28-26-,34-32-,61-58+. The molecule has 1 saturated heterocycles. The Morgan fingerprint density at radius 1 is 0.453 bits per heavy atom. The van der Waals surface area contributed by atoms with Gasteiger partial charge in [0.2, 0.25) is 5.91 Å². The highest BCUT2D eigenvalue weighted by Gasteiger charge is 2.47. The molecule has 1 rings (SSSR count). The molecule has 1 aliphatic heterocycles. The van der Waals surface area contributed by atoms with Crippen LogP contribution >= 0.6 is 0 Å². The Balaban J connectivity index is 2.57. The van der Waals surface area contributed by atoms with Crippen molar-refractivity contribution >= 4 is 11.9 Å². The molecule has 0 spiro atoms. The highest BCUT2D eigenvalue weighted by molar-refractivity contribution is 5.80. The second kappa shape index (κ2) is 62.3. The third kappa shape index (κ3) is 49.0. The average molecular weight is 1210 g/mol. The van der Waals surface area contributed by atoms with Crippen molar-refractivity contribution in [1.29, 1.82) is 0 Å². The van der Waals surface area contributed by atoms with Gasteiger partial charge in [0, 0.05) is 6.42 Å². The third-order valence-corrected chi connectivity index (χ3v) is 16.8. The van der Waals surface area contributed by atoms with Gasteiger partial charge in [0.1, 0.15) is 24.4 Å². The summed E-state index contributed by atoms with van der Waals surface area (Å²) in [5, 5.41) is 57.3. The molecule has 500 valence electrons. The lowest BCUT2D eigenvalue weighted by atomic mass is 9.99. The number of carbonyl (C=O) groups excluding carboxylic acids is 2. The Morgan fingerprint density at radius 3 is 1.22 bits per heavy atom. The summed E-state index contributed by atoms with van der Waals surface area (Å²) in [6.45, 7) is 5.77. The highest BCUT2D eigenvalue weighted by atomic mass is 16.7. The first-order chi connectivity index (χ1) is 42.2. The van der Waals surface area contributed by atoms with E-state index in [0.29, 0.717) is 12.8 Å². The first-order valence-corrected chi connectivity index (χ1v) is 36.2. The van der Waals surface area contributed by atoms with Gasteiger partial charge in [-0.25, -0.2) is 0 Å². The van der Waals surface area contributed by atoms with Gasteiger partial charge in [-0.1, -0.05) is 299 Å². The predicted octanol–water partition coefficient (Wildman–Crippen LogP) is 18.7. The number of unbranched alkanes of at least 4 members (excludes halogenated alkanes) is 38. The van der Waals surface area contributed by atoms with Crippen LogP contribution in [0.2, 0.25) is 0 Å². The van der Waals surface area contributed by atoms with E-state index < -0.39 is 67.4 Å². The molecule has 8 atom stereocenters. The van der Waals surface area contributed by atoms with Gasteiger partial charge in [-0.05, 0) is 96.3 Å². The fourth-order valence-electron chi connectivity index (χ4n) is 11.1. The van der Waals surface area contributed by atoms with Crippen LogP contribution in [-0.2, 0) is 23.8 Å². The van der Waals surface area contributed by atoms with E-state index in [1.165, 1.54) is 199 Å². The fraction of sp³-hybridized carbons (Fsp3) is 0.813. The molecular formula is C75H135NO10. The molecule has 86 heavy (non-hydrogen) atoms. The van der Waals surface area contributed by atoms with Crippen LogP contribution in [0.5, 0.6) is 0 Å². The molecule has 1 fully saturated rings. The van der Waals surface area contributed by atoms with Crippen molar-refractivity contribution in [2.75, 3.05) is 13.2 Å². The lowest BCUT2D eigenvalue weighted by Crippen LogP contribution is -2.61. The Morgan fingerprint density at radius 2 is 0.802 bits per heavy atom. The Bertz CT molecular complexity index is 1680. The maximum absolute atomic E-state index is 13.5. The van der Waals surface area contributed by atoms with E-state index in [1.807, 2.05) is 6.08 Å². The molecule has 1 aliphatic rings. The molecule has 1 amide bonds. The van der Waals surface area contributed by atoms with Crippen molar-refractivity contribution in [3.63, 3.8) is 0 Å². The van der Waals surface area contributed by atoms with E-state index in [2.05, 4.69) is 86.8 Å². The van der Waals surface area contributed by atoms with Gasteiger partial charge in [0.15, 0.2) is 12.4 Å². The number of rotatable bonds is 62. The minimum absolute atomic E-state index is 0.122. The SMILES string of the molecule is CCCCC/C=C\C/C=C\C/C=C\CCCCCCCCCCCC(O)C(=O)NC(COC1OC(CO)C(O)C(O)C1OC(=O)CCCCCCCCCCCCCCC/C=C\C/C=C\CCCCC)C(O)/C=C/CCCCCCCCCCCC. The van der Waals surface area contributed by atoms with Crippen LogP contribution in [0, 0.1) is 0 Å². The Labute approximate surface area is 528 Å². The van der Waals surface area contributed by atoms with Gasteiger partial charge in [-0.15, -0.1) is 0 Å². The molecule has 11 nitrogen and oxygen atoms in total. The zero-order valence-electron chi connectivity index (χ0n) is 55.7. The number of allylic oxidation sites excluding steroid dienone is 11. The first-order valence-electron chi connectivity index (χ1n) is 36.2. The number of hydrogen-bond donors (Lipinski definition) is 6. The Kier molecular flexibility index (Phi) is 58.8. The van der Waals surface area contributed by atoms with E-state index in [-0.39, 0.29) is 19.4 Å². The average Bonchev–Trinajstić information content (AvgIpc) is 3.59. The normalized spacial score (nSPS) is 18.7. The van der Waals surface area contributed by atoms with Crippen LogP contribution in [0.4, 0.5) is 0 Å². The van der Waals surface area contributed by atoms with Crippen molar-refractivity contribution in [2.45, 2.75) is 378 Å². The van der Waals surface area contributed by atoms with E-state index >= 15 is 0 Å². The summed E-state index contributed by atoms with van der Waals surface area (Å²) < 4.78 is 17.7. The van der Waals surface area contributed by atoms with Gasteiger partial charge in [0.05, 0.1) is 25.4 Å². The Hall–Kier alpha value is -2.90. The molecule has 0 aromatic carbocycles. The summed E-state index contributed by atoms with van der Waals surface area (Å²) >= 11 is 0. The van der Waals surface area contributed by atoms with Crippen LogP contribution < -0.4 is 5.32 Å². The summed E-state index contributed by atoms with van der Waals surface area (Å²) in [6, 6.07) is -1.03. The number of esters is 1. The molecule has 6 N–H and O–H groups in total. The van der Waals surface area contributed by atoms with Gasteiger partial charge in [-0.2, -0.15) is 0 Å². The topological polar surface area (TPSA) is 175 Å². The van der Waals surface area contributed by atoms with Crippen LogP contribution in [0.1, 0.15) is 329 Å². The zero-order chi connectivity index (χ0) is 62.4. The minimum Gasteiger partial charge on any atom is -0.454 e. The number of aliphatic hydroxyl groups is 5. The number of aliphatic hydroxyl groups excluding tert-OH is 5. The van der Waals surface area contributed by atoms with Crippen molar-refractivity contribution in [3.05, 3.63) is 72.9 Å². The van der Waals surface area contributed by atoms with Gasteiger partial charge in [-0.3, -0.25) is 9.59 Å². The third-order valence-electron chi connectivity index (χ3n) is 16.8. The smallest absolute Gasteiger partial charge is 0.306 e.